The molecule has 1 aliphatic rings. The van der Waals surface area contributed by atoms with E-state index in [0.717, 1.165) is 33.2 Å². The fourth-order valence-electron chi connectivity index (χ4n) is 8.88. The first-order chi connectivity index (χ1) is 24.6. The van der Waals surface area contributed by atoms with Gasteiger partial charge in [-0.15, -0.1) is 0 Å². The van der Waals surface area contributed by atoms with Gasteiger partial charge in [0, 0.05) is 27.1 Å². The van der Waals surface area contributed by atoms with E-state index in [2.05, 4.69) is 170 Å². The van der Waals surface area contributed by atoms with Crippen molar-refractivity contribution in [2.24, 2.45) is 0 Å². The molecule has 0 amide bonds. The molecule has 0 bridgehead atoms. The van der Waals surface area contributed by atoms with Crippen molar-refractivity contribution in [3.8, 4) is 28.3 Å². The Balaban J connectivity index is 1.28. The van der Waals surface area contributed by atoms with Crippen molar-refractivity contribution in [3.63, 3.8) is 0 Å². The molecule has 2 aromatic heterocycles. The Labute approximate surface area is 289 Å². The van der Waals surface area contributed by atoms with Crippen molar-refractivity contribution in [2.45, 2.75) is 19.3 Å². The average molecular weight is 638 g/mol. The van der Waals surface area contributed by atoms with E-state index >= 15 is 0 Å². The van der Waals surface area contributed by atoms with Crippen LogP contribution in [-0.2, 0) is 5.41 Å². The first-order valence-corrected chi connectivity index (χ1v) is 17.4. The number of para-hydroxylation sites is 1. The van der Waals surface area contributed by atoms with Crippen molar-refractivity contribution in [1.82, 2.24) is 14.5 Å². The molecule has 50 heavy (non-hydrogen) atoms. The maximum atomic E-state index is 5.60. The molecule has 0 spiro atoms. The number of nitrogens with zero attached hydrogens (tertiary/aromatic N) is 3. The highest BCUT2D eigenvalue weighted by molar-refractivity contribution is 6.28. The van der Waals surface area contributed by atoms with Crippen molar-refractivity contribution in [3.05, 3.63) is 163 Å². The van der Waals surface area contributed by atoms with Crippen LogP contribution in [0.5, 0.6) is 0 Å². The highest BCUT2D eigenvalue weighted by atomic mass is 15.2. The van der Waals surface area contributed by atoms with Crippen LogP contribution in [0.4, 0.5) is 0 Å². The van der Waals surface area contributed by atoms with Gasteiger partial charge in [0.1, 0.15) is 0 Å². The summed E-state index contributed by atoms with van der Waals surface area (Å²) in [6.07, 6.45) is 0. The Bertz CT molecular complexity index is 2980. The zero-order valence-corrected chi connectivity index (χ0v) is 27.8. The van der Waals surface area contributed by atoms with Crippen LogP contribution in [0.15, 0.2) is 152 Å². The largest absolute Gasteiger partial charge is 0.278 e. The fourth-order valence-corrected chi connectivity index (χ4v) is 8.88. The molecule has 0 radical (unpaired) electrons. The average Bonchev–Trinajstić information content (AvgIpc) is 3.63. The van der Waals surface area contributed by atoms with Crippen molar-refractivity contribution in [2.75, 3.05) is 0 Å². The van der Waals surface area contributed by atoms with Gasteiger partial charge >= 0.3 is 0 Å². The summed E-state index contributed by atoms with van der Waals surface area (Å²) in [5.41, 5.74) is 10.4. The number of fused-ring (bicyclic) bond motifs is 13. The van der Waals surface area contributed by atoms with Gasteiger partial charge in [-0.1, -0.05) is 141 Å². The minimum absolute atomic E-state index is 0.148. The molecule has 10 aromatic rings. The van der Waals surface area contributed by atoms with Crippen molar-refractivity contribution >= 4 is 65.0 Å². The zero-order chi connectivity index (χ0) is 33.1. The number of hydrogen-bond acceptors (Lipinski definition) is 2. The van der Waals surface area contributed by atoms with E-state index < -0.39 is 0 Å². The Morgan fingerprint density at radius 2 is 1.02 bits per heavy atom. The second-order valence-corrected chi connectivity index (χ2v) is 14.1. The Morgan fingerprint density at radius 1 is 0.460 bits per heavy atom. The molecular formula is C47H31N3. The standard InChI is InChI=1S/C47H31N3/c1-47(2)37-21-11-9-19-34(37)42-33-18-8-7-17-32(33)36(27-38(42)47)45-35-20-10-12-22-39(35)48-46(49-45)50-40-25-23-28-13-3-5-15-30(28)43(40)44-31-16-6-4-14-29(31)24-26-41(44)50/h3-27H,1-2H3. The monoisotopic (exact) mass is 637 g/mol. The molecule has 0 unspecified atom stereocenters. The van der Waals surface area contributed by atoms with Gasteiger partial charge in [-0.25, -0.2) is 9.97 Å². The Hall–Kier alpha value is -6.32. The van der Waals surface area contributed by atoms with Gasteiger partial charge in [0.15, 0.2) is 0 Å². The molecule has 0 N–H and O–H groups in total. The van der Waals surface area contributed by atoms with Crippen LogP contribution >= 0.6 is 0 Å². The maximum Gasteiger partial charge on any atom is 0.235 e. The first-order valence-electron chi connectivity index (χ1n) is 17.4. The summed E-state index contributed by atoms with van der Waals surface area (Å²) < 4.78 is 2.29. The molecule has 1 aliphatic carbocycles. The number of benzene rings is 8. The zero-order valence-electron chi connectivity index (χ0n) is 27.8. The smallest absolute Gasteiger partial charge is 0.235 e. The van der Waals surface area contributed by atoms with Crippen LogP contribution in [-0.4, -0.2) is 14.5 Å². The minimum Gasteiger partial charge on any atom is -0.278 e. The molecule has 0 saturated heterocycles. The summed E-state index contributed by atoms with van der Waals surface area (Å²) in [6, 6.07) is 55.0. The van der Waals surface area contributed by atoms with Gasteiger partial charge in [-0.3, -0.25) is 4.57 Å². The molecule has 8 aromatic carbocycles. The summed E-state index contributed by atoms with van der Waals surface area (Å²) in [7, 11) is 0. The molecule has 234 valence electrons. The van der Waals surface area contributed by atoms with Crippen LogP contribution in [0.2, 0.25) is 0 Å². The van der Waals surface area contributed by atoms with E-state index in [1.165, 1.54) is 65.3 Å². The second kappa shape index (κ2) is 9.87. The van der Waals surface area contributed by atoms with Gasteiger partial charge in [0.25, 0.3) is 0 Å². The summed E-state index contributed by atoms with van der Waals surface area (Å²) in [4.78, 5) is 10.9. The van der Waals surface area contributed by atoms with Crippen LogP contribution < -0.4 is 0 Å². The highest BCUT2D eigenvalue weighted by Gasteiger charge is 2.37. The second-order valence-electron chi connectivity index (χ2n) is 14.1. The van der Waals surface area contributed by atoms with Crippen LogP contribution in [0.1, 0.15) is 25.0 Å². The van der Waals surface area contributed by atoms with Crippen molar-refractivity contribution < 1.29 is 0 Å². The molecule has 0 aliphatic heterocycles. The van der Waals surface area contributed by atoms with E-state index in [0.29, 0.717) is 5.95 Å². The fraction of sp³-hybridized carbons (Fsp3) is 0.0638. The molecule has 3 nitrogen and oxygen atoms in total. The molecule has 3 heteroatoms. The van der Waals surface area contributed by atoms with Crippen LogP contribution in [0.25, 0.3) is 93.4 Å². The van der Waals surface area contributed by atoms with Crippen LogP contribution in [0.3, 0.4) is 0 Å². The van der Waals surface area contributed by atoms with E-state index in [9.17, 15) is 0 Å². The lowest BCUT2D eigenvalue weighted by Gasteiger charge is -2.23. The lowest BCUT2D eigenvalue weighted by Crippen LogP contribution is -2.15. The third-order valence-electron chi connectivity index (χ3n) is 11.2. The van der Waals surface area contributed by atoms with Crippen molar-refractivity contribution in [1.29, 1.82) is 0 Å². The Morgan fingerprint density at radius 3 is 1.72 bits per heavy atom. The topological polar surface area (TPSA) is 30.7 Å². The number of hydrogen-bond donors (Lipinski definition) is 0. The predicted octanol–water partition coefficient (Wildman–Crippen LogP) is 12.2. The maximum absolute atomic E-state index is 5.60. The summed E-state index contributed by atoms with van der Waals surface area (Å²) in [5, 5.41) is 10.9. The number of rotatable bonds is 2. The van der Waals surface area contributed by atoms with E-state index in [1.54, 1.807) is 0 Å². The predicted molar refractivity (Wildman–Crippen MR) is 209 cm³/mol. The lowest BCUT2D eigenvalue weighted by atomic mass is 9.80. The molecule has 11 rings (SSSR count). The summed E-state index contributed by atoms with van der Waals surface area (Å²) in [6.45, 7) is 4.71. The van der Waals surface area contributed by atoms with E-state index in [1.807, 2.05) is 0 Å². The molecule has 0 atom stereocenters. The lowest BCUT2D eigenvalue weighted by molar-refractivity contribution is 0.661. The van der Waals surface area contributed by atoms with Gasteiger partial charge < -0.3 is 0 Å². The van der Waals surface area contributed by atoms with Gasteiger partial charge in [0.05, 0.1) is 22.2 Å². The normalized spacial score (nSPS) is 13.6. The van der Waals surface area contributed by atoms with E-state index in [-0.39, 0.29) is 5.41 Å². The third kappa shape index (κ3) is 3.59. The summed E-state index contributed by atoms with van der Waals surface area (Å²) >= 11 is 0. The molecule has 0 fully saturated rings. The summed E-state index contributed by atoms with van der Waals surface area (Å²) in [5.74, 6) is 0.677. The van der Waals surface area contributed by atoms with E-state index in [4.69, 9.17) is 9.97 Å². The number of aromatic nitrogens is 3. The SMILES string of the molecule is CC1(C)c2ccccc2-c2c1cc(-c1nc(-n3c4ccc5ccccc5c4c4c5ccccc5ccc43)nc3ccccc13)c1ccccc21. The quantitative estimate of drug-likeness (QED) is 0.189. The molecule has 0 saturated carbocycles. The minimum atomic E-state index is -0.148. The van der Waals surface area contributed by atoms with Gasteiger partial charge in [-0.05, 0) is 78.8 Å². The first kappa shape index (κ1) is 27.6. The highest BCUT2D eigenvalue weighted by Crippen LogP contribution is 2.53. The molecular weight excluding hydrogens is 607 g/mol. The third-order valence-corrected chi connectivity index (χ3v) is 11.2. The van der Waals surface area contributed by atoms with Gasteiger partial charge in [0.2, 0.25) is 5.95 Å². The Kier molecular flexibility index (Phi) is 5.45. The van der Waals surface area contributed by atoms with Crippen LogP contribution in [0, 0.1) is 0 Å². The molecule has 2 heterocycles. The van der Waals surface area contributed by atoms with Gasteiger partial charge in [-0.2, -0.15) is 0 Å².